The predicted octanol–water partition coefficient (Wildman–Crippen LogP) is 2.34. The SMILES string of the molecule is CNc1snnc1COc1cc(C#N)ccc1C. The number of aryl methyl sites for hydroxylation is 1. The lowest BCUT2D eigenvalue weighted by Gasteiger charge is -2.08. The van der Waals surface area contributed by atoms with Crippen molar-refractivity contribution >= 4 is 16.5 Å². The predicted molar refractivity (Wildman–Crippen MR) is 69.7 cm³/mol. The molecule has 6 heteroatoms. The van der Waals surface area contributed by atoms with E-state index in [4.69, 9.17) is 10.00 Å². The zero-order valence-corrected chi connectivity index (χ0v) is 10.9. The van der Waals surface area contributed by atoms with Crippen molar-refractivity contribution in [1.29, 1.82) is 5.26 Å². The quantitative estimate of drug-likeness (QED) is 0.913. The van der Waals surface area contributed by atoms with E-state index in [0.29, 0.717) is 17.9 Å². The highest BCUT2D eigenvalue weighted by Gasteiger charge is 2.08. The number of rotatable bonds is 4. The summed E-state index contributed by atoms with van der Waals surface area (Å²) in [4.78, 5) is 0. The van der Waals surface area contributed by atoms with Crippen LogP contribution >= 0.6 is 11.5 Å². The third-order valence-electron chi connectivity index (χ3n) is 2.46. The lowest BCUT2D eigenvalue weighted by atomic mass is 10.1. The number of nitriles is 1. The zero-order valence-electron chi connectivity index (χ0n) is 10.1. The molecule has 0 fully saturated rings. The topological polar surface area (TPSA) is 70.8 Å². The Hall–Kier alpha value is -2.13. The molecule has 0 aliphatic heterocycles. The van der Waals surface area contributed by atoms with Gasteiger partial charge in [-0.15, -0.1) is 5.10 Å². The Kier molecular flexibility index (Phi) is 3.75. The van der Waals surface area contributed by atoms with Gasteiger partial charge in [0, 0.05) is 18.6 Å². The van der Waals surface area contributed by atoms with Crippen LogP contribution in [0.4, 0.5) is 5.00 Å². The van der Waals surface area contributed by atoms with Gasteiger partial charge in [-0.25, -0.2) is 0 Å². The first-order valence-corrected chi connectivity index (χ1v) is 6.14. The van der Waals surface area contributed by atoms with Crippen LogP contribution in [0.25, 0.3) is 0 Å². The van der Waals surface area contributed by atoms with Crippen LogP contribution in [0.5, 0.6) is 5.75 Å². The van der Waals surface area contributed by atoms with Crippen molar-refractivity contribution in [2.24, 2.45) is 0 Å². The summed E-state index contributed by atoms with van der Waals surface area (Å²) >= 11 is 1.29. The van der Waals surface area contributed by atoms with E-state index < -0.39 is 0 Å². The molecule has 0 aliphatic carbocycles. The van der Waals surface area contributed by atoms with Crippen LogP contribution in [-0.2, 0) is 6.61 Å². The van der Waals surface area contributed by atoms with E-state index in [2.05, 4.69) is 21.0 Å². The summed E-state index contributed by atoms with van der Waals surface area (Å²) in [5, 5.41) is 16.7. The lowest BCUT2D eigenvalue weighted by Crippen LogP contribution is -2.00. The highest BCUT2D eigenvalue weighted by molar-refractivity contribution is 7.10. The van der Waals surface area contributed by atoms with E-state index in [1.54, 1.807) is 12.1 Å². The Bertz CT molecular complexity index is 588. The Morgan fingerprint density at radius 1 is 1.50 bits per heavy atom. The van der Waals surface area contributed by atoms with E-state index in [1.165, 1.54) is 11.5 Å². The van der Waals surface area contributed by atoms with Crippen LogP contribution in [0, 0.1) is 18.3 Å². The fourth-order valence-electron chi connectivity index (χ4n) is 1.46. The maximum Gasteiger partial charge on any atom is 0.136 e. The molecule has 1 N–H and O–H groups in total. The van der Waals surface area contributed by atoms with Gasteiger partial charge in [0.25, 0.3) is 0 Å². The third-order valence-corrected chi connectivity index (χ3v) is 3.25. The number of anilines is 1. The molecule has 0 atom stereocenters. The zero-order chi connectivity index (χ0) is 13.0. The molecular weight excluding hydrogens is 248 g/mol. The largest absolute Gasteiger partial charge is 0.487 e. The van der Waals surface area contributed by atoms with E-state index in [1.807, 2.05) is 20.0 Å². The van der Waals surface area contributed by atoms with Crippen LogP contribution in [-0.4, -0.2) is 16.6 Å². The van der Waals surface area contributed by atoms with Crippen LogP contribution in [0.2, 0.25) is 0 Å². The maximum absolute atomic E-state index is 8.85. The number of nitrogens with zero attached hydrogens (tertiary/aromatic N) is 3. The van der Waals surface area contributed by atoms with Crippen molar-refractivity contribution < 1.29 is 4.74 Å². The van der Waals surface area contributed by atoms with Gasteiger partial charge >= 0.3 is 0 Å². The van der Waals surface area contributed by atoms with Gasteiger partial charge in [-0.1, -0.05) is 10.6 Å². The number of nitrogens with one attached hydrogen (secondary N) is 1. The minimum atomic E-state index is 0.336. The molecule has 1 aromatic heterocycles. The van der Waals surface area contributed by atoms with Gasteiger partial charge in [0.1, 0.15) is 23.1 Å². The molecule has 18 heavy (non-hydrogen) atoms. The molecule has 0 spiro atoms. The van der Waals surface area contributed by atoms with Gasteiger partial charge in [0.2, 0.25) is 0 Å². The summed E-state index contributed by atoms with van der Waals surface area (Å²) in [7, 11) is 1.82. The van der Waals surface area contributed by atoms with Crippen LogP contribution in [0.1, 0.15) is 16.8 Å². The van der Waals surface area contributed by atoms with Crippen molar-refractivity contribution in [2.45, 2.75) is 13.5 Å². The van der Waals surface area contributed by atoms with E-state index in [0.717, 1.165) is 16.3 Å². The van der Waals surface area contributed by atoms with E-state index in [-0.39, 0.29) is 0 Å². The Balaban J connectivity index is 2.13. The second-order valence-corrected chi connectivity index (χ2v) is 4.43. The molecule has 1 aromatic carbocycles. The molecule has 0 amide bonds. The molecule has 0 unspecified atom stereocenters. The van der Waals surface area contributed by atoms with Crippen LogP contribution in [0.3, 0.4) is 0 Å². The number of ether oxygens (including phenoxy) is 1. The highest BCUT2D eigenvalue weighted by atomic mass is 32.1. The summed E-state index contributed by atoms with van der Waals surface area (Å²) in [6.07, 6.45) is 0. The van der Waals surface area contributed by atoms with Crippen molar-refractivity contribution in [3.8, 4) is 11.8 Å². The number of hydrogen-bond donors (Lipinski definition) is 1. The van der Waals surface area contributed by atoms with Crippen molar-refractivity contribution in [3.63, 3.8) is 0 Å². The van der Waals surface area contributed by atoms with Gasteiger partial charge in [-0.05, 0) is 24.6 Å². The van der Waals surface area contributed by atoms with Gasteiger partial charge < -0.3 is 10.1 Å². The maximum atomic E-state index is 8.85. The molecule has 0 radical (unpaired) electrons. The average Bonchev–Trinajstić information content (AvgIpc) is 2.85. The van der Waals surface area contributed by atoms with Gasteiger partial charge in [0.05, 0.1) is 11.6 Å². The summed E-state index contributed by atoms with van der Waals surface area (Å²) < 4.78 is 9.54. The fraction of sp³-hybridized carbons (Fsp3) is 0.250. The summed E-state index contributed by atoms with van der Waals surface area (Å²) in [6.45, 7) is 2.27. The summed E-state index contributed by atoms with van der Waals surface area (Å²) in [5.41, 5.74) is 2.34. The first-order chi connectivity index (χ1) is 8.74. The molecule has 0 bridgehead atoms. The summed E-state index contributed by atoms with van der Waals surface area (Å²) in [5.74, 6) is 0.698. The highest BCUT2D eigenvalue weighted by Crippen LogP contribution is 2.23. The molecule has 0 aliphatic rings. The smallest absolute Gasteiger partial charge is 0.136 e. The fourth-order valence-corrected chi connectivity index (χ4v) is 1.98. The monoisotopic (exact) mass is 260 g/mol. The minimum Gasteiger partial charge on any atom is -0.487 e. The Morgan fingerprint density at radius 3 is 3.06 bits per heavy atom. The normalized spacial score (nSPS) is 9.83. The molecule has 0 saturated heterocycles. The Morgan fingerprint density at radius 2 is 2.33 bits per heavy atom. The van der Waals surface area contributed by atoms with Gasteiger partial charge in [0.15, 0.2) is 0 Å². The lowest BCUT2D eigenvalue weighted by molar-refractivity contribution is 0.299. The van der Waals surface area contributed by atoms with Crippen LogP contribution < -0.4 is 10.1 Å². The molecule has 92 valence electrons. The Labute approximate surface area is 109 Å². The van der Waals surface area contributed by atoms with Crippen molar-refractivity contribution in [1.82, 2.24) is 9.59 Å². The van der Waals surface area contributed by atoms with Gasteiger partial charge in [-0.2, -0.15) is 5.26 Å². The minimum absolute atomic E-state index is 0.336. The number of benzene rings is 1. The second-order valence-electron chi connectivity index (χ2n) is 3.68. The van der Waals surface area contributed by atoms with E-state index in [9.17, 15) is 0 Å². The van der Waals surface area contributed by atoms with Crippen LogP contribution in [0.15, 0.2) is 18.2 Å². The second kappa shape index (κ2) is 5.47. The van der Waals surface area contributed by atoms with Gasteiger partial charge in [-0.3, -0.25) is 0 Å². The molecule has 2 rings (SSSR count). The molecule has 1 heterocycles. The first-order valence-electron chi connectivity index (χ1n) is 5.37. The van der Waals surface area contributed by atoms with Crippen molar-refractivity contribution in [2.75, 3.05) is 12.4 Å². The average molecular weight is 260 g/mol. The molecule has 0 saturated carbocycles. The van der Waals surface area contributed by atoms with Crippen molar-refractivity contribution in [3.05, 3.63) is 35.0 Å². The first kappa shape index (κ1) is 12.3. The molecular formula is C12H12N4OS. The van der Waals surface area contributed by atoms with E-state index >= 15 is 0 Å². The molecule has 2 aromatic rings. The molecule has 5 nitrogen and oxygen atoms in total. The third kappa shape index (κ3) is 2.57. The summed E-state index contributed by atoms with van der Waals surface area (Å²) in [6, 6.07) is 7.46. The number of aromatic nitrogens is 2. The standard InChI is InChI=1S/C12H12N4OS/c1-8-3-4-9(6-13)5-11(8)17-7-10-12(14-2)18-16-15-10/h3-5,14H,7H2,1-2H3. The number of hydrogen-bond acceptors (Lipinski definition) is 6.